The molecule has 2 aromatic carbocycles. The third-order valence-corrected chi connectivity index (χ3v) is 4.00. The largest absolute Gasteiger partial charge is 0.316 e. The van der Waals surface area contributed by atoms with Crippen LogP contribution in [0.25, 0.3) is 0 Å². The van der Waals surface area contributed by atoms with E-state index in [0.29, 0.717) is 0 Å². The maximum Gasteiger partial charge on any atom is 0.124 e. The minimum Gasteiger partial charge on any atom is -0.316 e. The molecule has 0 saturated heterocycles. The number of halogens is 2. The van der Waals surface area contributed by atoms with E-state index in [1.54, 1.807) is 23.9 Å². The van der Waals surface area contributed by atoms with Gasteiger partial charge in [0.1, 0.15) is 5.82 Å². The molecule has 0 bridgehead atoms. The van der Waals surface area contributed by atoms with Crippen molar-refractivity contribution in [3.05, 3.63) is 58.3 Å². The zero-order chi connectivity index (χ0) is 13.0. The predicted molar refractivity (Wildman–Crippen MR) is 77.4 cm³/mol. The first kappa shape index (κ1) is 13.6. The van der Waals surface area contributed by atoms with Gasteiger partial charge in [0, 0.05) is 20.8 Å². The van der Waals surface area contributed by atoms with Crippen molar-refractivity contribution in [1.82, 2.24) is 5.32 Å². The molecule has 4 heteroatoms. The molecule has 0 atom stereocenters. The van der Waals surface area contributed by atoms with Crippen LogP contribution in [0.5, 0.6) is 0 Å². The van der Waals surface area contributed by atoms with Gasteiger partial charge in [-0.3, -0.25) is 0 Å². The summed E-state index contributed by atoms with van der Waals surface area (Å²) >= 11 is 5.04. The van der Waals surface area contributed by atoms with E-state index >= 15 is 0 Å². The number of hydrogen-bond donors (Lipinski definition) is 1. The highest BCUT2D eigenvalue weighted by atomic mass is 79.9. The Morgan fingerprint density at radius 1 is 1.22 bits per heavy atom. The van der Waals surface area contributed by atoms with Gasteiger partial charge >= 0.3 is 0 Å². The second-order valence-electron chi connectivity index (χ2n) is 3.84. The van der Waals surface area contributed by atoms with Gasteiger partial charge in [0.2, 0.25) is 0 Å². The number of rotatable bonds is 4. The summed E-state index contributed by atoms with van der Waals surface area (Å²) in [4.78, 5) is 2.04. The SMILES string of the molecule is CNCc1ccc(Br)cc1Sc1cccc(F)c1. The summed E-state index contributed by atoms with van der Waals surface area (Å²) < 4.78 is 14.2. The molecule has 0 aliphatic rings. The quantitative estimate of drug-likeness (QED) is 0.890. The lowest BCUT2D eigenvalue weighted by Gasteiger charge is -2.09. The van der Waals surface area contributed by atoms with Crippen molar-refractivity contribution in [3.8, 4) is 0 Å². The normalized spacial score (nSPS) is 10.6. The lowest BCUT2D eigenvalue weighted by molar-refractivity contribution is 0.624. The summed E-state index contributed by atoms with van der Waals surface area (Å²) in [6, 6.07) is 12.8. The highest BCUT2D eigenvalue weighted by Crippen LogP contribution is 2.32. The van der Waals surface area contributed by atoms with E-state index < -0.39 is 0 Å². The zero-order valence-electron chi connectivity index (χ0n) is 9.91. The van der Waals surface area contributed by atoms with Crippen LogP contribution in [-0.4, -0.2) is 7.05 Å². The lowest BCUT2D eigenvalue weighted by Crippen LogP contribution is -2.05. The summed E-state index contributed by atoms with van der Waals surface area (Å²) in [7, 11) is 1.92. The molecule has 18 heavy (non-hydrogen) atoms. The van der Waals surface area contributed by atoms with Gasteiger partial charge in [0.25, 0.3) is 0 Å². The van der Waals surface area contributed by atoms with Gasteiger partial charge < -0.3 is 5.32 Å². The third kappa shape index (κ3) is 3.57. The highest BCUT2D eigenvalue weighted by molar-refractivity contribution is 9.10. The zero-order valence-corrected chi connectivity index (χ0v) is 12.3. The van der Waals surface area contributed by atoms with Crippen LogP contribution in [0.3, 0.4) is 0 Å². The molecule has 0 aromatic heterocycles. The Hall–Kier alpha value is -0.840. The van der Waals surface area contributed by atoms with Crippen molar-refractivity contribution >= 4 is 27.7 Å². The molecule has 0 aliphatic carbocycles. The van der Waals surface area contributed by atoms with E-state index in [2.05, 4.69) is 33.4 Å². The molecule has 0 fully saturated rings. The minimum absolute atomic E-state index is 0.204. The maximum atomic E-state index is 13.2. The van der Waals surface area contributed by atoms with Crippen LogP contribution in [-0.2, 0) is 6.54 Å². The van der Waals surface area contributed by atoms with Gasteiger partial charge in [-0.25, -0.2) is 4.39 Å². The summed E-state index contributed by atoms with van der Waals surface area (Å²) in [5.74, 6) is -0.204. The average molecular weight is 326 g/mol. The second-order valence-corrected chi connectivity index (χ2v) is 5.87. The van der Waals surface area contributed by atoms with Crippen molar-refractivity contribution in [1.29, 1.82) is 0 Å². The van der Waals surface area contributed by atoms with Crippen molar-refractivity contribution in [3.63, 3.8) is 0 Å². The summed E-state index contributed by atoms with van der Waals surface area (Å²) in [6.07, 6.45) is 0. The Balaban J connectivity index is 2.29. The molecule has 0 aliphatic heterocycles. The van der Waals surface area contributed by atoms with E-state index in [4.69, 9.17) is 0 Å². The molecule has 0 amide bonds. The van der Waals surface area contributed by atoms with Gasteiger partial charge in [-0.1, -0.05) is 39.8 Å². The van der Waals surface area contributed by atoms with E-state index in [1.807, 2.05) is 19.2 Å². The molecular formula is C14H13BrFNS. The molecule has 1 nitrogen and oxygen atoms in total. The molecule has 94 valence electrons. The molecule has 2 aromatic rings. The van der Waals surface area contributed by atoms with E-state index in [1.165, 1.54) is 11.6 Å². The first-order chi connectivity index (χ1) is 8.69. The maximum absolute atomic E-state index is 13.2. The fourth-order valence-corrected chi connectivity index (χ4v) is 3.16. The first-order valence-corrected chi connectivity index (χ1v) is 7.16. The average Bonchev–Trinajstić information content (AvgIpc) is 2.33. The fraction of sp³-hybridized carbons (Fsp3) is 0.143. The highest BCUT2D eigenvalue weighted by Gasteiger charge is 2.05. The molecule has 0 radical (unpaired) electrons. The molecule has 0 saturated carbocycles. The van der Waals surface area contributed by atoms with Gasteiger partial charge in [-0.15, -0.1) is 0 Å². The summed E-state index contributed by atoms with van der Waals surface area (Å²) in [5.41, 5.74) is 1.20. The molecular weight excluding hydrogens is 313 g/mol. The van der Waals surface area contributed by atoms with E-state index in [9.17, 15) is 4.39 Å². The van der Waals surface area contributed by atoms with Crippen molar-refractivity contribution in [2.45, 2.75) is 16.3 Å². The Morgan fingerprint density at radius 3 is 2.78 bits per heavy atom. The predicted octanol–water partition coefficient (Wildman–Crippen LogP) is 4.46. The van der Waals surface area contributed by atoms with E-state index in [-0.39, 0.29) is 5.82 Å². The second kappa shape index (κ2) is 6.36. The molecule has 0 spiro atoms. The molecule has 0 heterocycles. The van der Waals surface area contributed by atoms with Crippen LogP contribution in [0, 0.1) is 5.82 Å². The number of hydrogen-bond acceptors (Lipinski definition) is 2. The number of nitrogens with one attached hydrogen (secondary N) is 1. The van der Waals surface area contributed by atoms with Crippen LogP contribution in [0.4, 0.5) is 4.39 Å². The topological polar surface area (TPSA) is 12.0 Å². The molecule has 2 rings (SSSR count). The van der Waals surface area contributed by atoms with Crippen LogP contribution in [0.2, 0.25) is 0 Å². The van der Waals surface area contributed by atoms with Crippen molar-refractivity contribution in [2.75, 3.05) is 7.05 Å². The van der Waals surface area contributed by atoms with E-state index in [0.717, 1.165) is 20.8 Å². The summed E-state index contributed by atoms with van der Waals surface area (Å²) in [5, 5.41) is 3.14. The van der Waals surface area contributed by atoms with Crippen LogP contribution in [0.1, 0.15) is 5.56 Å². The van der Waals surface area contributed by atoms with Gasteiger partial charge in [-0.05, 0) is 42.9 Å². The minimum atomic E-state index is -0.204. The van der Waals surface area contributed by atoms with Crippen molar-refractivity contribution in [2.24, 2.45) is 0 Å². The van der Waals surface area contributed by atoms with Gasteiger partial charge in [0.15, 0.2) is 0 Å². The lowest BCUT2D eigenvalue weighted by atomic mass is 10.2. The molecule has 0 unspecified atom stereocenters. The molecule has 1 N–H and O–H groups in total. The Kier molecular flexibility index (Phi) is 4.80. The Morgan fingerprint density at radius 2 is 2.06 bits per heavy atom. The fourth-order valence-electron chi connectivity index (χ4n) is 1.62. The monoisotopic (exact) mass is 325 g/mol. The van der Waals surface area contributed by atoms with Crippen LogP contribution >= 0.6 is 27.7 Å². The summed E-state index contributed by atoms with van der Waals surface area (Å²) in [6.45, 7) is 0.797. The number of benzene rings is 2. The first-order valence-electron chi connectivity index (χ1n) is 5.55. The van der Waals surface area contributed by atoms with Gasteiger partial charge in [-0.2, -0.15) is 0 Å². The smallest absolute Gasteiger partial charge is 0.124 e. The Labute approximate surface area is 119 Å². The standard InChI is InChI=1S/C14H13BrFNS/c1-17-9-10-5-6-11(15)7-14(10)18-13-4-2-3-12(16)8-13/h2-8,17H,9H2,1H3. The third-order valence-electron chi connectivity index (χ3n) is 2.42. The van der Waals surface area contributed by atoms with Crippen LogP contribution < -0.4 is 5.32 Å². The van der Waals surface area contributed by atoms with Crippen LogP contribution in [0.15, 0.2) is 56.7 Å². The van der Waals surface area contributed by atoms with Gasteiger partial charge in [0.05, 0.1) is 0 Å². The Bertz CT molecular complexity index is 545. The van der Waals surface area contributed by atoms with Crippen molar-refractivity contribution < 1.29 is 4.39 Å².